The standard InChI is InChI=1S/C18H18FN3O3/c19-13-3-9-14(4-15(13)21-5-10-11(6-21)16(10)20)22(8-1-2-8)7-12(17(9)23)18(24)25/h3-4,7-8,10-11,16H,1-2,5-6,20H2,(H,24,25)/t10-,11+,16?. The molecule has 0 radical (unpaired) electrons. The average Bonchev–Trinajstić information content (AvgIpc) is 3.46. The van der Waals surface area contributed by atoms with E-state index in [1.165, 1.54) is 12.3 Å². The third-order valence-corrected chi connectivity index (χ3v) is 5.87. The molecule has 130 valence electrons. The molecule has 0 bridgehead atoms. The number of hydrogen-bond donors (Lipinski definition) is 2. The van der Waals surface area contributed by atoms with E-state index in [4.69, 9.17) is 5.73 Å². The third-order valence-electron chi connectivity index (χ3n) is 5.87. The van der Waals surface area contributed by atoms with E-state index in [2.05, 4.69) is 0 Å². The minimum Gasteiger partial charge on any atom is -0.477 e. The number of carboxylic acid groups (broad SMARTS) is 1. The monoisotopic (exact) mass is 343 g/mol. The van der Waals surface area contributed by atoms with Gasteiger partial charge in [-0.3, -0.25) is 4.79 Å². The maximum absolute atomic E-state index is 14.7. The molecule has 25 heavy (non-hydrogen) atoms. The molecule has 2 saturated carbocycles. The van der Waals surface area contributed by atoms with Crippen LogP contribution in [0.15, 0.2) is 23.1 Å². The Morgan fingerprint density at radius 3 is 2.52 bits per heavy atom. The van der Waals surface area contributed by atoms with Crippen LogP contribution >= 0.6 is 0 Å². The van der Waals surface area contributed by atoms with Crippen molar-refractivity contribution in [2.75, 3.05) is 18.0 Å². The Labute approximate surface area is 142 Å². The van der Waals surface area contributed by atoms with Crippen molar-refractivity contribution in [1.82, 2.24) is 4.57 Å². The Balaban J connectivity index is 1.68. The van der Waals surface area contributed by atoms with Crippen LogP contribution in [0.3, 0.4) is 0 Å². The first-order valence-electron chi connectivity index (χ1n) is 8.58. The summed E-state index contributed by atoms with van der Waals surface area (Å²) in [6.07, 6.45) is 3.28. The highest BCUT2D eigenvalue weighted by atomic mass is 19.1. The largest absolute Gasteiger partial charge is 0.477 e. The van der Waals surface area contributed by atoms with Crippen LogP contribution in [0.5, 0.6) is 0 Å². The van der Waals surface area contributed by atoms with Gasteiger partial charge in [-0.1, -0.05) is 0 Å². The van der Waals surface area contributed by atoms with E-state index < -0.39 is 17.2 Å². The number of aromatic carboxylic acids is 1. The lowest BCUT2D eigenvalue weighted by Crippen LogP contribution is -2.29. The fraction of sp³-hybridized carbons (Fsp3) is 0.444. The Kier molecular flexibility index (Phi) is 2.87. The lowest BCUT2D eigenvalue weighted by atomic mass is 10.1. The summed E-state index contributed by atoms with van der Waals surface area (Å²) in [6, 6.07) is 3.30. The van der Waals surface area contributed by atoms with Gasteiger partial charge in [-0.15, -0.1) is 0 Å². The zero-order chi connectivity index (χ0) is 17.5. The number of piperidine rings is 1. The lowest BCUT2D eigenvalue weighted by molar-refractivity contribution is 0.0695. The molecule has 1 aromatic heterocycles. The van der Waals surface area contributed by atoms with Crippen LogP contribution in [0, 0.1) is 17.7 Å². The number of nitrogens with two attached hydrogens (primary N) is 1. The second-order valence-corrected chi connectivity index (χ2v) is 7.45. The molecule has 1 aromatic carbocycles. The van der Waals surface area contributed by atoms with Gasteiger partial charge in [0.15, 0.2) is 0 Å². The van der Waals surface area contributed by atoms with Crippen molar-refractivity contribution in [1.29, 1.82) is 0 Å². The van der Waals surface area contributed by atoms with E-state index >= 15 is 0 Å². The van der Waals surface area contributed by atoms with Crippen LogP contribution < -0.4 is 16.1 Å². The van der Waals surface area contributed by atoms with Gasteiger partial charge in [-0.2, -0.15) is 0 Å². The van der Waals surface area contributed by atoms with Crippen molar-refractivity contribution in [2.24, 2.45) is 17.6 Å². The number of rotatable bonds is 3. The summed E-state index contributed by atoms with van der Waals surface area (Å²) in [5.41, 5.74) is 6.11. The van der Waals surface area contributed by atoms with E-state index in [0.717, 1.165) is 25.9 Å². The van der Waals surface area contributed by atoms with Crippen molar-refractivity contribution in [3.8, 4) is 0 Å². The number of benzene rings is 1. The topological polar surface area (TPSA) is 88.6 Å². The molecule has 2 aliphatic carbocycles. The number of aromatic nitrogens is 1. The van der Waals surface area contributed by atoms with Gasteiger partial charge < -0.3 is 20.3 Å². The van der Waals surface area contributed by atoms with E-state index in [-0.39, 0.29) is 23.0 Å². The second-order valence-electron chi connectivity index (χ2n) is 7.45. The molecule has 3 aliphatic rings. The summed E-state index contributed by atoms with van der Waals surface area (Å²) in [4.78, 5) is 25.8. The molecule has 1 unspecified atom stereocenters. The lowest BCUT2D eigenvalue weighted by Gasteiger charge is -2.23. The van der Waals surface area contributed by atoms with E-state index in [1.54, 1.807) is 6.07 Å². The molecule has 2 aromatic rings. The predicted molar refractivity (Wildman–Crippen MR) is 90.6 cm³/mol. The average molecular weight is 343 g/mol. The molecule has 6 nitrogen and oxygen atoms in total. The van der Waals surface area contributed by atoms with Gasteiger partial charge in [0.25, 0.3) is 0 Å². The van der Waals surface area contributed by atoms with Crippen LogP contribution in [-0.4, -0.2) is 34.8 Å². The molecule has 1 aliphatic heterocycles. The maximum atomic E-state index is 14.7. The van der Waals surface area contributed by atoms with Crippen molar-refractivity contribution in [3.05, 3.63) is 39.9 Å². The fourth-order valence-electron chi connectivity index (χ4n) is 4.18. The number of carbonyl (C=O) groups is 1. The number of fused-ring (bicyclic) bond motifs is 2. The van der Waals surface area contributed by atoms with Crippen molar-refractivity contribution in [2.45, 2.75) is 24.9 Å². The zero-order valence-corrected chi connectivity index (χ0v) is 13.5. The molecule has 3 N–H and O–H groups in total. The number of pyridine rings is 1. The summed E-state index contributed by atoms with van der Waals surface area (Å²) in [6.45, 7) is 1.46. The zero-order valence-electron chi connectivity index (χ0n) is 13.5. The molecule has 2 heterocycles. The highest BCUT2D eigenvalue weighted by Crippen LogP contribution is 2.46. The van der Waals surface area contributed by atoms with Gasteiger partial charge >= 0.3 is 5.97 Å². The van der Waals surface area contributed by atoms with Gasteiger partial charge in [0.05, 0.1) is 11.2 Å². The van der Waals surface area contributed by atoms with Gasteiger partial charge in [-0.05, 0) is 36.8 Å². The van der Waals surface area contributed by atoms with Crippen LogP contribution in [0.1, 0.15) is 29.2 Å². The van der Waals surface area contributed by atoms with Crippen LogP contribution in [0.25, 0.3) is 10.9 Å². The minimum atomic E-state index is -1.28. The Bertz CT molecular complexity index is 970. The van der Waals surface area contributed by atoms with E-state index in [0.29, 0.717) is 23.0 Å². The van der Waals surface area contributed by atoms with Crippen LogP contribution in [-0.2, 0) is 0 Å². The Hall–Kier alpha value is -2.41. The number of anilines is 1. The number of nitrogens with zero attached hydrogens (tertiary/aromatic N) is 2. The fourth-order valence-corrected chi connectivity index (χ4v) is 4.18. The molecule has 7 heteroatoms. The summed E-state index contributed by atoms with van der Waals surface area (Å²) in [5.74, 6) is -0.908. The van der Waals surface area contributed by atoms with Crippen molar-refractivity contribution >= 4 is 22.6 Å². The smallest absolute Gasteiger partial charge is 0.341 e. The SMILES string of the molecule is NC1[C@H]2CN(c3cc4c(cc3F)c(=O)c(C(=O)O)cn4C3CC3)C[C@@H]12. The molecular formula is C18H18FN3O3. The third kappa shape index (κ3) is 2.12. The highest BCUT2D eigenvalue weighted by molar-refractivity contribution is 5.93. The van der Waals surface area contributed by atoms with Gasteiger partial charge in [0, 0.05) is 36.8 Å². The van der Waals surface area contributed by atoms with Crippen molar-refractivity contribution in [3.63, 3.8) is 0 Å². The van der Waals surface area contributed by atoms with Gasteiger partial charge in [0.2, 0.25) is 5.43 Å². The quantitative estimate of drug-likeness (QED) is 0.883. The van der Waals surface area contributed by atoms with E-state index in [9.17, 15) is 19.1 Å². The molecule has 5 rings (SSSR count). The summed E-state index contributed by atoms with van der Waals surface area (Å²) < 4.78 is 16.5. The molecule has 3 atom stereocenters. The second kappa shape index (κ2) is 4.82. The first-order chi connectivity index (χ1) is 12.0. The first kappa shape index (κ1) is 14.9. The Morgan fingerprint density at radius 2 is 1.92 bits per heavy atom. The number of hydrogen-bond acceptors (Lipinski definition) is 4. The van der Waals surface area contributed by atoms with Crippen molar-refractivity contribution < 1.29 is 14.3 Å². The van der Waals surface area contributed by atoms with Gasteiger partial charge in [-0.25, -0.2) is 9.18 Å². The molecule has 0 spiro atoms. The Morgan fingerprint density at radius 1 is 1.24 bits per heavy atom. The van der Waals surface area contributed by atoms with Gasteiger partial charge in [0.1, 0.15) is 11.4 Å². The summed E-state index contributed by atoms with van der Waals surface area (Å²) in [5, 5.41) is 9.41. The summed E-state index contributed by atoms with van der Waals surface area (Å²) in [7, 11) is 0. The molecule has 0 amide bonds. The molecular weight excluding hydrogens is 325 g/mol. The maximum Gasteiger partial charge on any atom is 0.341 e. The van der Waals surface area contributed by atoms with Crippen LogP contribution in [0.4, 0.5) is 10.1 Å². The summed E-state index contributed by atoms with van der Waals surface area (Å²) >= 11 is 0. The van der Waals surface area contributed by atoms with E-state index in [1.807, 2.05) is 9.47 Å². The molecule has 1 saturated heterocycles. The highest BCUT2D eigenvalue weighted by Gasteiger charge is 2.53. The number of halogens is 1. The van der Waals surface area contributed by atoms with Crippen LogP contribution in [0.2, 0.25) is 0 Å². The predicted octanol–water partition coefficient (Wildman–Crippen LogP) is 1.57. The normalized spacial score (nSPS) is 27.6. The molecule has 3 fully saturated rings. The minimum absolute atomic E-state index is 0.133. The first-order valence-corrected chi connectivity index (χ1v) is 8.58. The number of carboxylic acids is 1.